The van der Waals surface area contributed by atoms with E-state index in [1.807, 2.05) is 34.6 Å². The minimum absolute atomic E-state index is 0.0891. The van der Waals surface area contributed by atoms with Crippen molar-refractivity contribution in [2.45, 2.75) is 46.3 Å². The van der Waals surface area contributed by atoms with Gasteiger partial charge < -0.3 is 0 Å². The predicted octanol–water partition coefficient (Wildman–Crippen LogP) is 3.09. The Morgan fingerprint density at radius 2 is 1.50 bits per heavy atom. The molecule has 0 aliphatic heterocycles. The number of carbonyl (C=O) groups is 1. The van der Waals surface area contributed by atoms with Gasteiger partial charge >= 0.3 is 0 Å². The van der Waals surface area contributed by atoms with Gasteiger partial charge in [0, 0.05) is 11.7 Å². The molecule has 0 aromatic carbocycles. The molecule has 0 bridgehead atoms. The van der Waals surface area contributed by atoms with Crippen molar-refractivity contribution in [2.75, 3.05) is 0 Å². The van der Waals surface area contributed by atoms with E-state index in [9.17, 15) is 4.79 Å². The van der Waals surface area contributed by atoms with Gasteiger partial charge in [-0.2, -0.15) is 0 Å². The Bertz CT molecular complexity index is 91.9. The van der Waals surface area contributed by atoms with Crippen molar-refractivity contribution in [3.8, 4) is 0 Å². The fraction of sp³-hybridized carbons (Fsp3) is 0.875. The van der Waals surface area contributed by atoms with Crippen molar-refractivity contribution in [1.29, 1.82) is 0 Å². The van der Waals surface area contributed by atoms with Crippen LogP contribution in [0.5, 0.6) is 0 Å². The normalized spacial score (nSPS) is 9.80. The molecule has 0 N–H and O–H groups in total. The first-order valence-electron chi connectivity index (χ1n) is 3.61. The molecule has 0 spiro atoms. The van der Waals surface area contributed by atoms with Crippen LogP contribution in [0.15, 0.2) is 0 Å². The Labute approximate surface area is 68.6 Å². The summed E-state index contributed by atoms with van der Waals surface area (Å²) in [6, 6.07) is 0. The van der Waals surface area contributed by atoms with E-state index in [0.717, 1.165) is 0 Å². The van der Waals surface area contributed by atoms with Crippen LogP contribution in [0, 0.1) is 0 Å². The van der Waals surface area contributed by atoms with E-state index < -0.39 is 0 Å². The second-order valence-electron chi connectivity index (χ2n) is 2.71. The summed E-state index contributed by atoms with van der Waals surface area (Å²) in [4.78, 5) is 10.4. The smallest absolute Gasteiger partial charge is 0.186 e. The number of thioether (sulfide) groups is 1. The third-order valence-electron chi connectivity index (χ3n) is 0.450. The molecule has 0 atom stereocenters. The molecule has 0 saturated carbocycles. The molecule has 0 heterocycles. The highest BCUT2D eigenvalue weighted by Crippen LogP contribution is 2.22. The molecule has 0 amide bonds. The lowest BCUT2D eigenvalue weighted by Crippen LogP contribution is -2.09. The molecular formula is C8H18OS. The molecule has 0 saturated heterocycles. The standard InChI is InChI=1S/C6H12OS.C2H6/c1-5(7)8-6(2,3)4;1-2/h1-4H3;1-2H3. The summed E-state index contributed by atoms with van der Waals surface area (Å²) < 4.78 is 0.0891. The highest BCUT2D eigenvalue weighted by molar-refractivity contribution is 8.14. The van der Waals surface area contributed by atoms with Crippen molar-refractivity contribution in [3.05, 3.63) is 0 Å². The van der Waals surface area contributed by atoms with Crippen LogP contribution in [-0.2, 0) is 4.79 Å². The monoisotopic (exact) mass is 162 g/mol. The first-order valence-corrected chi connectivity index (χ1v) is 4.43. The molecule has 0 aromatic heterocycles. The molecule has 10 heavy (non-hydrogen) atoms. The van der Waals surface area contributed by atoms with E-state index in [-0.39, 0.29) is 9.86 Å². The fourth-order valence-electron chi connectivity index (χ4n) is 0.431. The van der Waals surface area contributed by atoms with Crippen LogP contribution >= 0.6 is 11.8 Å². The van der Waals surface area contributed by atoms with Crippen molar-refractivity contribution in [2.24, 2.45) is 0 Å². The minimum Gasteiger partial charge on any atom is -0.288 e. The van der Waals surface area contributed by atoms with E-state index in [4.69, 9.17) is 0 Å². The lowest BCUT2D eigenvalue weighted by Gasteiger charge is -2.13. The van der Waals surface area contributed by atoms with E-state index in [1.54, 1.807) is 6.92 Å². The Morgan fingerprint density at radius 3 is 1.50 bits per heavy atom. The molecule has 0 radical (unpaired) electrons. The van der Waals surface area contributed by atoms with Gasteiger partial charge in [0.1, 0.15) is 0 Å². The van der Waals surface area contributed by atoms with Crippen molar-refractivity contribution >= 4 is 16.9 Å². The lowest BCUT2D eigenvalue weighted by atomic mass is 10.3. The summed E-state index contributed by atoms with van der Waals surface area (Å²) in [5.74, 6) is 0. The summed E-state index contributed by atoms with van der Waals surface area (Å²) in [7, 11) is 0. The van der Waals surface area contributed by atoms with E-state index in [0.29, 0.717) is 0 Å². The highest BCUT2D eigenvalue weighted by atomic mass is 32.2. The van der Waals surface area contributed by atoms with Crippen LogP contribution in [-0.4, -0.2) is 9.86 Å². The summed E-state index contributed by atoms with van der Waals surface area (Å²) >= 11 is 1.37. The Balaban J connectivity index is 0. The zero-order valence-electron chi connectivity index (χ0n) is 7.82. The maximum atomic E-state index is 10.4. The molecule has 0 aromatic rings. The molecule has 62 valence electrons. The van der Waals surface area contributed by atoms with E-state index in [2.05, 4.69) is 0 Å². The molecule has 1 nitrogen and oxygen atoms in total. The molecule has 0 unspecified atom stereocenters. The molecular weight excluding hydrogens is 144 g/mol. The van der Waals surface area contributed by atoms with Crippen LogP contribution in [0.1, 0.15) is 41.5 Å². The maximum absolute atomic E-state index is 10.4. The van der Waals surface area contributed by atoms with Gasteiger partial charge in [0.15, 0.2) is 5.12 Å². The summed E-state index contributed by atoms with van der Waals surface area (Å²) in [6.45, 7) is 11.7. The lowest BCUT2D eigenvalue weighted by molar-refractivity contribution is -0.109. The Hall–Kier alpha value is 0.0200. The van der Waals surface area contributed by atoms with E-state index in [1.165, 1.54) is 11.8 Å². The summed E-state index contributed by atoms with van der Waals surface area (Å²) in [6.07, 6.45) is 0. The predicted molar refractivity (Wildman–Crippen MR) is 49.4 cm³/mol. The van der Waals surface area contributed by atoms with Gasteiger partial charge in [-0.3, -0.25) is 4.79 Å². The number of rotatable bonds is 0. The molecule has 2 heteroatoms. The van der Waals surface area contributed by atoms with Crippen LogP contribution < -0.4 is 0 Å². The van der Waals surface area contributed by atoms with Gasteiger partial charge in [0.05, 0.1) is 0 Å². The first kappa shape index (κ1) is 12.7. The quantitative estimate of drug-likeness (QED) is 0.544. The van der Waals surface area contributed by atoms with Gasteiger partial charge in [0.25, 0.3) is 0 Å². The summed E-state index contributed by atoms with van der Waals surface area (Å²) in [5, 5.41) is 0.192. The third-order valence-corrected chi connectivity index (χ3v) is 1.35. The van der Waals surface area contributed by atoms with Crippen LogP contribution in [0.4, 0.5) is 0 Å². The minimum atomic E-state index is 0.0891. The number of carbonyl (C=O) groups excluding carboxylic acids is 1. The topological polar surface area (TPSA) is 17.1 Å². The van der Waals surface area contributed by atoms with Crippen LogP contribution in [0.25, 0.3) is 0 Å². The summed E-state index contributed by atoms with van der Waals surface area (Å²) in [5.41, 5.74) is 0. The molecule has 0 fully saturated rings. The average Bonchev–Trinajstić information content (AvgIpc) is 1.64. The van der Waals surface area contributed by atoms with Gasteiger partial charge in [-0.05, 0) is 0 Å². The zero-order chi connectivity index (χ0) is 8.78. The Morgan fingerprint density at radius 1 is 1.20 bits per heavy atom. The van der Waals surface area contributed by atoms with E-state index >= 15 is 0 Å². The fourth-order valence-corrected chi connectivity index (χ4v) is 1.29. The molecule has 0 aliphatic carbocycles. The zero-order valence-corrected chi connectivity index (χ0v) is 8.63. The highest BCUT2D eigenvalue weighted by Gasteiger charge is 2.12. The average molecular weight is 162 g/mol. The number of hydrogen-bond donors (Lipinski definition) is 0. The number of hydrogen-bond acceptors (Lipinski definition) is 2. The SMILES string of the molecule is CC.CC(=O)SC(C)(C)C. The second kappa shape index (κ2) is 5.78. The van der Waals surface area contributed by atoms with Crippen molar-refractivity contribution < 1.29 is 4.79 Å². The maximum Gasteiger partial charge on any atom is 0.186 e. The van der Waals surface area contributed by atoms with Gasteiger partial charge in [-0.15, -0.1) is 0 Å². The van der Waals surface area contributed by atoms with Crippen LogP contribution in [0.3, 0.4) is 0 Å². The second-order valence-corrected chi connectivity index (χ2v) is 4.71. The third kappa shape index (κ3) is 15.7. The van der Waals surface area contributed by atoms with Crippen molar-refractivity contribution in [3.63, 3.8) is 0 Å². The molecule has 0 aliphatic rings. The van der Waals surface area contributed by atoms with Gasteiger partial charge in [0.2, 0.25) is 0 Å². The molecule has 0 rings (SSSR count). The first-order chi connectivity index (χ1) is 4.42. The van der Waals surface area contributed by atoms with Crippen LogP contribution in [0.2, 0.25) is 0 Å². The van der Waals surface area contributed by atoms with Gasteiger partial charge in [-0.1, -0.05) is 46.4 Å². The van der Waals surface area contributed by atoms with Crippen molar-refractivity contribution in [1.82, 2.24) is 0 Å². The largest absolute Gasteiger partial charge is 0.288 e. The Kier molecular flexibility index (Phi) is 7.32. The van der Waals surface area contributed by atoms with Gasteiger partial charge in [-0.25, -0.2) is 0 Å².